The van der Waals surface area contributed by atoms with E-state index in [1.807, 2.05) is 78.8 Å². The van der Waals surface area contributed by atoms with Gasteiger partial charge in [0, 0.05) is 25.9 Å². The highest BCUT2D eigenvalue weighted by Gasteiger charge is 2.42. The third kappa shape index (κ3) is 8.55. The Hall–Kier alpha value is -2.94. The molecular formula is C29H48N4O5. The molecule has 1 rings (SSSR count). The molecule has 0 radical (unpaired) electrons. The van der Waals surface area contributed by atoms with Crippen molar-refractivity contribution in [2.45, 2.75) is 78.9 Å². The van der Waals surface area contributed by atoms with Gasteiger partial charge in [-0.3, -0.25) is 19.2 Å². The van der Waals surface area contributed by atoms with Crippen LogP contribution in [0, 0.1) is 11.3 Å². The average Bonchev–Trinajstić information content (AvgIpc) is 2.83. The number of benzene rings is 1. The summed E-state index contributed by atoms with van der Waals surface area (Å²) in [6, 6.07) is 7.97. The maximum absolute atomic E-state index is 13.9. The van der Waals surface area contributed by atoms with Gasteiger partial charge in [-0.2, -0.15) is 0 Å². The standard InChI is InChI=1S/C29H48N4O5/c1-19(2)22(17-33(20(3)34)18-23(35)38-11)32(10)27(37)25(28(4,5)6)31-26(36)24(30-9)29(7,8)21-15-13-12-14-16-21/h12-16,19,22,24-25,30H,17-18H2,1-11H3,(H,31,36)/t22?,24-,25?/m1/s1. The monoisotopic (exact) mass is 532 g/mol. The first kappa shape index (κ1) is 33.1. The van der Waals surface area contributed by atoms with E-state index in [0.29, 0.717) is 0 Å². The van der Waals surface area contributed by atoms with Gasteiger partial charge in [0.15, 0.2) is 0 Å². The van der Waals surface area contributed by atoms with Crippen molar-refractivity contribution in [2.24, 2.45) is 11.3 Å². The molecule has 2 unspecified atom stereocenters. The molecule has 3 amide bonds. The molecule has 0 bridgehead atoms. The fourth-order valence-electron chi connectivity index (χ4n) is 4.63. The first-order valence-corrected chi connectivity index (χ1v) is 13.1. The van der Waals surface area contributed by atoms with Crippen LogP contribution in [0.5, 0.6) is 0 Å². The van der Waals surface area contributed by atoms with Gasteiger partial charge < -0.3 is 25.2 Å². The van der Waals surface area contributed by atoms with Crippen LogP contribution >= 0.6 is 0 Å². The molecule has 2 N–H and O–H groups in total. The lowest BCUT2D eigenvalue weighted by Crippen LogP contribution is -2.62. The Bertz CT molecular complexity index is 955. The maximum atomic E-state index is 13.9. The zero-order valence-electron chi connectivity index (χ0n) is 25.0. The van der Waals surface area contributed by atoms with E-state index >= 15 is 0 Å². The maximum Gasteiger partial charge on any atom is 0.325 e. The molecular weight excluding hydrogens is 484 g/mol. The van der Waals surface area contributed by atoms with Gasteiger partial charge in [-0.1, -0.05) is 78.8 Å². The van der Waals surface area contributed by atoms with Crippen molar-refractivity contribution in [3.05, 3.63) is 35.9 Å². The summed E-state index contributed by atoms with van der Waals surface area (Å²) in [5.41, 5.74) is -0.141. The van der Waals surface area contributed by atoms with Crippen molar-refractivity contribution in [3.8, 4) is 0 Å². The second-order valence-electron chi connectivity index (χ2n) is 11.9. The fraction of sp³-hybridized carbons (Fsp3) is 0.655. The highest BCUT2D eigenvalue weighted by atomic mass is 16.5. The molecule has 1 aromatic carbocycles. The number of likely N-dealkylation sites (N-methyl/N-ethyl adjacent to an activating group) is 2. The van der Waals surface area contributed by atoms with Gasteiger partial charge in [-0.05, 0) is 23.9 Å². The first-order valence-electron chi connectivity index (χ1n) is 13.1. The quantitative estimate of drug-likeness (QED) is 0.401. The van der Waals surface area contributed by atoms with E-state index in [2.05, 4.69) is 10.6 Å². The topological polar surface area (TPSA) is 108 Å². The number of carbonyl (C=O) groups excluding carboxylic acids is 4. The zero-order chi connectivity index (χ0) is 29.4. The zero-order valence-corrected chi connectivity index (χ0v) is 25.0. The van der Waals surface area contributed by atoms with Crippen LogP contribution in [0.1, 0.15) is 61.0 Å². The third-order valence-electron chi connectivity index (χ3n) is 7.20. The molecule has 0 aromatic heterocycles. The summed E-state index contributed by atoms with van der Waals surface area (Å²) in [5, 5.41) is 6.17. The molecule has 0 fully saturated rings. The number of hydrogen-bond acceptors (Lipinski definition) is 6. The normalized spacial score (nSPS) is 14.3. The number of methoxy groups -OCH3 is 1. The van der Waals surface area contributed by atoms with E-state index in [-0.39, 0.29) is 36.7 Å². The molecule has 0 aliphatic heterocycles. The molecule has 0 saturated heterocycles. The Balaban J connectivity index is 3.27. The Morgan fingerprint density at radius 1 is 0.974 bits per heavy atom. The Morgan fingerprint density at radius 2 is 1.53 bits per heavy atom. The van der Waals surface area contributed by atoms with Gasteiger partial charge in [0.05, 0.1) is 19.2 Å². The minimum absolute atomic E-state index is 0.0261. The Kier molecular flexibility index (Phi) is 12.0. The number of rotatable bonds is 12. The van der Waals surface area contributed by atoms with Gasteiger partial charge in [0.1, 0.15) is 12.6 Å². The summed E-state index contributed by atoms with van der Waals surface area (Å²) in [6.07, 6.45) is 0. The SMILES string of the molecule is CN[C@H](C(=O)NC(C(=O)N(C)C(CN(CC(=O)OC)C(C)=O)C(C)C)C(C)(C)C)C(C)(C)c1ccccc1. The number of amides is 3. The van der Waals surface area contributed by atoms with E-state index in [9.17, 15) is 19.2 Å². The van der Waals surface area contributed by atoms with Crippen LogP contribution in [-0.4, -0.2) is 85.9 Å². The highest BCUT2D eigenvalue weighted by molar-refractivity contribution is 5.91. The number of carbonyl (C=O) groups is 4. The van der Waals surface area contributed by atoms with Crippen molar-refractivity contribution in [3.63, 3.8) is 0 Å². The van der Waals surface area contributed by atoms with Gasteiger partial charge in [0.2, 0.25) is 17.7 Å². The summed E-state index contributed by atoms with van der Waals surface area (Å²) < 4.78 is 4.73. The van der Waals surface area contributed by atoms with Crippen molar-refractivity contribution in [2.75, 3.05) is 34.3 Å². The molecule has 1 aromatic rings. The Labute approximate surface area is 228 Å². The van der Waals surface area contributed by atoms with Crippen molar-refractivity contribution < 1.29 is 23.9 Å². The van der Waals surface area contributed by atoms with Crippen molar-refractivity contribution in [1.29, 1.82) is 0 Å². The number of nitrogens with one attached hydrogen (secondary N) is 2. The molecule has 0 saturated carbocycles. The molecule has 3 atom stereocenters. The van der Waals surface area contributed by atoms with E-state index < -0.39 is 34.9 Å². The summed E-state index contributed by atoms with van der Waals surface area (Å²) in [6.45, 7) is 15.0. The van der Waals surface area contributed by atoms with Crippen LogP contribution in [0.2, 0.25) is 0 Å². The third-order valence-corrected chi connectivity index (χ3v) is 7.20. The van der Waals surface area contributed by atoms with Crippen LogP contribution < -0.4 is 10.6 Å². The lowest BCUT2D eigenvalue weighted by Gasteiger charge is -2.41. The molecule has 0 aliphatic carbocycles. The fourth-order valence-corrected chi connectivity index (χ4v) is 4.63. The minimum Gasteiger partial charge on any atom is -0.468 e. The summed E-state index contributed by atoms with van der Waals surface area (Å²) in [5.74, 6) is -1.39. The predicted molar refractivity (Wildman–Crippen MR) is 149 cm³/mol. The highest BCUT2D eigenvalue weighted by Crippen LogP contribution is 2.29. The van der Waals surface area contributed by atoms with E-state index in [1.165, 1.54) is 18.9 Å². The van der Waals surface area contributed by atoms with Crippen LogP contribution in [0.4, 0.5) is 0 Å². The lowest BCUT2D eigenvalue weighted by atomic mass is 9.76. The minimum atomic E-state index is -0.824. The van der Waals surface area contributed by atoms with E-state index in [1.54, 1.807) is 19.0 Å². The van der Waals surface area contributed by atoms with Crippen LogP contribution in [-0.2, 0) is 29.3 Å². The molecule has 0 aliphatic rings. The second-order valence-corrected chi connectivity index (χ2v) is 11.9. The number of esters is 1. The molecule has 9 heteroatoms. The molecule has 214 valence electrons. The van der Waals surface area contributed by atoms with Crippen LogP contribution in [0.25, 0.3) is 0 Å². The van der Waals surface area contributed by atoms with Crippen molar-refractivity contribution >= 4 is 23.7 Å². The molecule has 0 spiro atoms. The smallest absolute Gasteiger partial charge is 0.325 e. The number of nitrogens with zero attached hydrogens (tertiary/aromatic N) is 2. The molecule has 38 heavy (non-hydrogen) atoms. The largest absolute Gasteiger partial charge is 0.468 e. The van der Waals surface area contributed by atoms with Gasteiger partial charge >= 0.3 is 5.97 Å². The van der Waals surface area contributed by atoms with Gasteiger partial charge in [-0.15, -0.1) is 0 Å². The first-order chi connectivity index (χ1) is 17.5. The summed E-state index contributed by atoms with van der Waals surface area (Å²) in [4.78, 5) is 54.7. The van der Waals surface area contributed by atoms with Crippen molar-refractivity contribution in [1.82, 2.24) is 20.4 Å². The van der Waals surface area contributed by atoms with E-state index in [0.717, 1.165) is 5.56 Å². The number of hydrogen-bond donors (Lipinski definition) is 2. The Morgan fingerprint density at radius 3 is 1.95 bits per heavy atom. The van der Waals surface area contributed by atoms with E-state index in [4.69, 9.17) is 4.74 Å². The number of ether oxygens (including phenoxy) is 1. The predicted octanol–water partition coefficient (Wildman–Crippen LogP) is 2.59. The lowest BCUT2D eigenvalue weighted by molar-refractivity contribution is -0.148. The summed E-state index contributed by atoms with van der Waals surface area (Å²) >= 11 is 0. The van der Waals surface area contributed by atoms with Gasteiger partial charge in [0.25, 0.3) is 0 Å². The average molecular weight is 533 g/mol. The van der Waals surface area contributed by atoms with Gasteiger partial charge in [-0.25, -0.2) is 0 Å². The summed E-state index contributed by atoms with van der Waals surface area (Å²) in [7, 11) is 4.68. The molecule has 0 heterocycles. The van der Waals surface area contributed by atoms with Crippen LogP contribution in [0.15, 0.2) is 30.3 Å². The molecule has 9 nitrogen and oxygen atoms in total. The van der Waals surface area contributed by atoms with Crippen LogP contribution in [0.3, 0.4) is 0 Å². The second kappa shape index (κ2) is 13.7.